The van der Waals surface area contributed by atoms with E-state index in [9.17, 15) is 0 Å². The van der Waals surface area contributed by atoms with Crippen LogP contribution in [0.25, 0.3) is 0 Å². The van der Waals surface area contributed by atoms with Gasteiger partial charge in [-0.3, -0.25) is 4.98 Å². The second-order valence-corrected chi connectivity index (χ2v) is 2.58. The first kappa shape index (κ1) is 9.20. The predicted molar refractivity (Wildman–Crippen MR) is 48.7 cm³/mol. The van der Waals surface area contributed by atoms with Gasteiger partial charge in [0.1, 0.15) is 0 Å². The third kappa shape index (κ3) is 3.01. The van der Waals surface area contributed by atoms with Gasteiger partial charge in [-0.25, -0.2) is 0 Å². The van der Waals surface area contributed by atoms with Crippen LogP contribution in [0.15, 0.2) is 24.4 Å². The second-order valence-electron chi connectivity index (χ2n) is 2.58. The van der Waals surface area contributed by atoms with Crippen molar-refractivity contribution in [2.24, 2.45) is 0 Å². The van der Waals surface area contributed by atoms with E-state index >= 15 is 0 Å². The van der Waals surface area contributed by atoms with E-state index in [2.05, 4.69) is 4.98 Å². The molecule has 1 radical (unpaired) electrons. The fourth-order valence-electron chi connectivity index (χ4n) is 1.03. The van der Waals surface area contributed by atoms with E-state index in [1.165, 1.54) is 0 Å². The molecule has 0 aliphatic carbocycles. The predicted octanol–water partition coefficient (Wildman–Crippen LogP) is 2.06. The Kier molecular flexibility index (Phi) is 3.74. The maximum absolute atomic E-state index is 5.35. The van der Waals surface area contributed by atoms with Crippen molar-refractivity contribution in [1.29, 1.82) is 0 Å². The molecule has 1 unspecified atom stereocenters. The number of ether oxygens (including phenoxy) is 1. The lowest BCUT2D eigenvalue weighted by Gasteiger charge is -2.09. The van der Waals surface area contributed by atoms with Crippen LogP contribution in [0, 0.1) is 6.42 Å². The Morgan fingerprint density at radius 1 is 1.58 bits per heavy atom. The maximum atomic E-state index is 5.35. The lowest BCUT2D eigenvalue weighted by atomic mass is 10.2. The van der Waals surface area contributed by atoms with Gasteiger partial charge in [0.15, 0.2) is 0 Å². The molecular weight excluding hydrogens is 150 g/mol. The topological polar surface area (TPSA) is 22.1 Å². The summed E-state index contributed by atoms with van der Waals surface area (Å²) >= 11 is 0. The Bertz CT molecular complexity index is 210. The number of rotatable bonds is 4. The average Bonchev–Trinajstić information content (AvgIpc) is 2.06. The van der Waals surface area contributed by atoms with Crippen LogP contribution in [0.1, 0.15) is 19.5 Å². The molecule has 65 valence electrons. The Morgan fingerprint density at radius 2 is 2.42 bits per heavy atom. The number of hydrogen-bond donors (Lipinski definition) is 0. The highest BCUT2D eigenvalue weighted by atomic mass is 16.5. The molecule has 0 saturated carbocycles. The van der Waals surface area contributed by atoms with E-state index in [4.69, 9.17) is 4.74 Å². The molecule has 0 aliphatic rings. The molecule has 1 rings (SSSR count). The van der Waals surface area contributed by atoms with Gasteiger partial charge in [0.2, 0.25) is 0 Å². The summed E-state index contributed by atoms with van der Waals surface area (Å²) in [5.41, 5.74) is 0.971. The lowest BCUT2D eigenvalue weighted by Crippen LogP contribution is -2.09. The van der Waals surface area contributed by atoms with Crippen molar-refractivity contribution in [2.75, 3.05) is 6.61 Å². The summed E-state index contributed by atoms with van der Waals surface area (Å²) in [7, 11) is 0. The summed E-state index contributed by atoms with van der Waals surface area (Å²) in [6, 6.07) is 5.84. The van der Waals surface area contributed by atoms with Crippen LogP contribution in [-0.2, 0) is 4.74 Å². The molecule has 12 heavy (non-hydrogen) atoms. The van der Waals surface area contributed by atoms with E-state index < -0.39 is 0 Å². The van der Waals surface area contributed by atoms with Crippen LogP contribution < -0.4 is 0 Å². The molecule has 0 amide bonds. The van der Waals surface area contributed by atoms with E-state index in [1.54, 1.807) is 6.20 Å². The Hall–Kier alpha value is -0.890. The zero-order chi connectivity index (χ0) is 8.81. The van der Waals surface area contributed by atoms with Gasteiger partial charge in [-0.1, -0.05) is 6.07 Å². The van der Waals surface area contributed by atoms with Gasteiger partial charge in [0.05, 0.1) is 6.10 Å². The van der Waals surface area contributed by atoms with Crippen LogP contribution in [-0.4, -0.2) is 17.7 Å². The van der Waals surface area contributed by atoms with Crippen LogP contribution in [0.3, 0.4) is 0 Å². The van der Waals surface area contributed by atoms with Gasteiger partial charge in [0.25, 0.3) is 0 Å². The molecule has 2 heteroatoms. The quantitative estimate of drug-likeness (QED) is 0.679. The van der Waals surface area contributed by atoms with E-state index in [0.717, 1.165) is 12.3 Å². The molecule has 0 N–H and O–H groups in total. The second kappa shape index (κ2) is 4.88. The van der Waals surface area contributed by atoms with Crippen molar-refractivity contribution in [1.82, 2.24) is 4.98 Å². The van der Waals surface area contributed by atoms with E-state index in [1.807, 2.05) is 38.5 Å². The van der Waals surface area contributed by atoms with Gasteiger partial charge in [-0.15, -0.1) is 0 Å². The van der Waals surface area contributed by atoms with Crippen LogP contribution in [0.2, 0.25) is 0 Å². The van der Waals surface area contributed by atoms with Crippen molar-refractivity contribution < 1.29 is 4.74 Å². The van der Waals surface area contributed by atoms with Gasteiger partial charge in [-0.05, 0) is 26.0 Å². The summed E-state index contributed by atoms with van der Waals surface area (Å²) in [5.74, 6) is 0. The van der Waals surface area contributed by atoms with Crippen molar-refractivity contribution in [3.63, 3.8) is 0 Å². The number of nitrogens with zero attached hydrogens (tertiary/aromatic N) is 1. The first-order valence-corrected chi connectivity index (χ1v) is 4.20. The molecule has 1 heterocycles. The molecule has 0 aliphatic heterocycles. The van der Waals surface area contributed by atoms with E-state index in [-0.39, 0.29) is 6.10 Å². The Balaban J connectivity index is 2.41. The molecule has 1 atom stereocenters. The average molecular weight is 164 g/mol. The molecule has 0 spiro atoms. The standard InChI is InChI=1S/C10H14NO/c1-3-12-9(2)8-10-6-4-5-7-11-10/h4-9H,3H2,1-2H3. The van der Waals surface area contributed by atoms with Gasteiger partial charge >= 0.3 is 0 Å². The molecule has 2 nitrogen and oxygen atoms in total. The molecular formula is C10H14NO. The normalized spacial score (nSPS) is 12.8. The largest absolute Gasteiger partial charge is 0.378 e. The third-order valence-electron chi connectivity index (χ3n) is 1.52. The number of aromatic nitrogens is 1. The van der Waals surface area contributed by atoms with Crippen molar-refractivity contribution in [2.45, 2.75) is 20.0 Å². The lowest BCUT2D eigenvalue weighted by molar-refractivity contribution is 0.100. The van der Waals surface area contributed by atoms with Gasteiger partial charge in [-0.2, -0.15) is 0 Å². The number of hydrogen-bond acceptors (Lipinski definition) is 2. The first-order valence-electron chi connectivity index (χ1n) is 4.20. The number of pyridine rings is 1. The molecule has 1 aromatic heterocycles. The summed E-state index contributed by atoms with van der Waals surface area (Å²) in [4.78, 5) is 4.17. The van der Waals surface area contributed by atoms with Gasteiger partial charge in [0, 0.05) is 24.9 Å². The van der Waals surface area contributed by atoms with Crippen LogP contribution >= 0.6 is 0 Å². The van der Waals surface area contributed by atoms with Crippen LogP contribution in [0.5, 0.6) is 0 Å². The molecule has 0 bridgehead atoms. The first-order chi connectivity index (χ1) is 5.83. The maximum Gasteiger partial charge on any atom is 0.0637 e. The molecule has 0 aromatic carbocycles. The fourth-order valence-corrected chi connectivity index (χ4v) is 1.03. The zero-order valence-corrected chi connectivity index (χ0v) is 7.53. The highest BCUT2D eigenvalue weighted by molar-refractivity contribution is 5.14. The smallest absolute Gasteiger partial charge is 0.0637 e. The van der Waals surface area contributed by atoms with Crippen molar-refractivity contribution >= 4 is 0 Å². The monoisotopic (exact) mass is 164 g/mol. The van der Waals surface area contributed by atoms with E-state index in [0.29, 0.717) is 0 Å². The summed E-state index contributed by atoms with van der Waals surface area (Å²) < 4.78 is 5.35. The minimum Gasteiger partial charge on any atom is -0.378 e. The minimum absolute atomic E-state index is 0.143. The molecule has 0 fully saturated rings. The summed E-state index contributed by atoms with van der Waals surface area (Å²) in [5, 5.41) is 0. The highest BCUT2D eigenvalue weighted by Gasteiger charge is 2.02. The fraction of sp³-hybridized carbons (Fsp3) is 0.400. The van der Waals surface area contributed by atoms with Crippen molar-refractivity contribution in [3.8, 4) is 0 Å². The summed E-state index contributed by atoms with van der Waals surface area (Å²) in [6.45, 7) is 4.74. The third-order valence-corrected chi connectivity index (χ3v) is 1.52. The Morgan fingerprint density at radius 3 is 3.00 bits per heavy atom. The van der Waals surface area contributed by atoms with Gasteiger partial charge < -0.3 is 4.74 Å². The Labute approximate surface area is 73.6 Å². The SMILES string of the molecule is CCOC(C)[CH]c1ccccn1. The van der Waals surface area contributed by atoms with Crippen LogP contribution in [0.4, 0.5) is 0 Å². The molecule has 0 saturated heterocycles. The van der Waals surface area contributed by atoms with Crippen molar-refractivity contribution in [3.05, 3.63) is 36.5 Å². The zero-order valence-electron chi connectivity index (χ0n) is 7.53. The molecule has 1 aromatic rings. The summed E-state index contributed by atoms with van der Waals surface area (Å²) in [6.07, 6.45) is 3.93. The minimum atomic E-state index is 0.143. The highest BCUT2D eigenvalue weighted by Crippen LogP contribution is 2.04.